The Morgan fingerprint density at radius 1 is 1.37 bits per heavy atom. The fraction of sp³-hybridized carbons (Fsp3) is 0.600. The molecule has 106 valence electrons. The zero-order valence-electron chi connectivity index (χ0n) is 11.6. The topological polar surface area (TPSA) is 29.3 Å². The normalized spacial score (nSPS) is 21.3. The van der Waals surface area contributed by atoms with Gasteiger partial charge in [0.2, 0.25) is 0 Å². The van der Waals surface area contributed by atoms with Gasteiger partial charge >= 0.3 is 0 Å². The average Bonchev–Trinajstić information content (AvgIpc) is 2.36. The minimum atomic E-state index is -0.200. The summed E-state index contributed by atoms with van der Waals surface area (Å²) in [5.41, 5.74) is 7.31. The maximum absolute atomic E-state index is 13.5. The minimum absolute atomic E-state index is 0.0983. The summed E-state index contributed by atoms with van der Waals surface area (Å²) in [4.78, 5) is 2.38. The zero-order valence-corrected chi connectivity index (χ0v) is 13.2. The summed E-state index contributed by atoms with van der Waals surface area (Å²) in [5, 5.41) is 0. The first-order chi connectivity index (χ1) is 8.93. The molecular weight excluding hydrogens is 307 g/mol. The summed E-state index contributed by atoms with van der Waals surface area (Å²) >= 11 is 3.51. The van der Waals surface area contributed by atoms with Crippen LogP contribution in [0.4, 0.5) is 4.39 Å². The predicted molar refractivity (Wildman–Crippen MR) is 80.5 cm³/mol. The van der Waals surface area contributed by atoms with Gasteiger partial charge in [0.1, 0.15) is 5.82 Å². The van der Waals surface area contributed by atoms with E-state index in [1.165, 1.54) is 6.07 Å². The number of likely N-dealkylation sites (tertiary alicyclic amines) is 1. The van der Waals surface area contributed by atoms with Crippen LogP contribution in [0, 0.1) is 11.2 Å². The number of piperidine rings is 1. The molecule has 2 N–H and O–H groups in total. The molecule has 0 bridgehead atoms. The first kappa shape index (κ1) is 14.9. The number of benzene rings is 1. The number of hydrogen-bond donors (Lipinski definition) is 1. The van der Waals surface area contributed by atoms with E-state index in [9.17, 15) is 4.39 Å². The molecule has 1 aliphatic heterocycles. The third-order valence-electron chi connectivity index (χ3n) is 4.13. The summed E-state index contributed by atoms with van der Waals surface area (Å²) in [6.07, 6.45) is 2.33. The molecule has 0 aromatic heterocycles. The second-order valence-corrected chi connectivity index (χ2v) is 6.97. The Kier molecular flexibility index (Phi) is 4.64. The van der Waals surface area contributed by atoms with Crippen LogP contribution >= 0.6 is 15.9 Å². The van der Waals surface area contributed by atoms with Crippen LogP contribution < -0.4 is 5.73 Å². The highest BCUT2D eigenvalue weighted by Gasteiger charge is 2.30. The predicted octanol–water partition coefficient (Wildman–Crippen LogP) is 3.71. The number of rotatable bonds is 3. The van der Waals surface area contributed by atoms with Crippen molar-refractivity contribution in [2.45, 2.75) is 32.7 Å². The lowest BCUT2D eigenvalue weighted by Gasteiger charge is -2.41. The molecule has 0 aliphatic carbocycles. The van der Waals surface area contributed by atoms with E-state index in [2.05, 4.69) is 34.7 Å². The molecular formula is C15H22BrFN2. The van der Waals surface area contributed by atoms with Crippen LogP contribution in [0.25, 0.3) is 0 Å². The summed E-state index contributed by atoms with van der Waals surface area (Å²) in [5.74, 6) is -0.200. The van der Waals surface area contributed by atoms with Crippen LogP contribution in [0.2, 0.25) is 0 Å². The Morgan fingerprint density at radius 3 is 2.58 bits per heavy atom. The Labute approximate surface area is 123 Å². The SMILES string of the molecule is CC1(C)CCN(C(CN)c2cc(F)ccc2Br)CC1. The van der Waals surface area contributed by atoms with Crippen molar-refractivity contribution < 1.29 is 4.39 Å². The second-order valence-electron chi connectivity index (χ2n) is 6.12. The molecule has 2 nitrogen and oxygen atoms in total. The number of hydrogen-bond acceptors (Lipinski definition) is 2. The largest absolute Gasteiger partial charge is 0.329 e. The number of nitrogens with zero attached hydrogens (tertiary/aromatic N) is 1. The van der Waals surface area contributed by atoms with Gasteiger partial charge in [-0.05, 0) is 55.1 Å². The average molecular weight is 329 g/mol. The summed E-state index contributed by atoms with van der Waals surface area (Å²) in [6.45, 7) is 7.18. The zero-order chi connectivity index (χ0) is 14.0. The molecule has 1 aliphatic rings. The maximum atomic E-state index is 13.5. The summed E-state index contributed by atoms with van der Waals surface area (Å²) in [7, 11) is 0. The Morgan fingerprint density at radius 2 is 2.00 bits per heavy atom. The third-order valence-corrected chi connectivity index (χ3v) is 4.85. The van der Waals surface area contributed by atoms with Gasteiger partial charge in [-0.1, -0.05) is 29.8 Å². The van der Waals surface area contributed by atoms with Crippen molar-refractivity contribution in [1.29, 1.82) is 0 Å². The van der Waals surface area contributed by atoms with Gasteiger partial charge in [-0.25, -0.2) is 4.39 Å². The first-order valence-electron chi connectivity index (χ1n) is 6.82. The van der Waals surface area contributed by atoms with Crippen molar-refractivity contribution in [2.24, 2.45) is 11.1 Å². The molecule has 0 amide bonds. The smallest absolute Gasteiger partial charge is 0.123 e. The van der Waals surface area contributed by atoms with E-state index in [1.54, 1.807) is 12.1 Å². The molecule has 2 rings (SSSR count). The molecule has 0 radical (unpaired) electrons. The van der Waals surface area contributed by atoms with E-state index in [4.69, 9.17) is 5.73 Å². The molecule has 1 atom stereocenters. The van der Waals surface area contributed by atoms with Gasteiger partial charge in [-0.2, -0.15) is 0 Å². The Bertz CT molecular complexity index is 438. The third kappa shape index (κ3) is 3.56. The highest BCUT2D eigenvalue weighted by atomic mass is 79.9. The van der Waals surface area contributed by atoms with Crippen LogP contribution in [-0.4, -0.2) is 24.5 Å². The molecule has 1 unspecified atom stereocenters. The molecule has 19 heavy (non-hydrogen) atoms. The van der Waals surface area contributed by atoms with Crippen molar-refractivity contribution in [3.05, 3.63) is 34.1 Å². The maximum Gasteiger partial charge on any atom is 0.123 e. The lowest BCUT2D eigenvalue weighted by molar-refractivity contribution is 0.0960. The number of halogens is 2. The lowest BCUT2D eigenvalue weighted by Crippen LogP contribution is -2.42. The molecule has 1 aromatic rings. The fourth-order valence-electron chi connectivity index (χ4n) is 2.68. The Balaban J connectivity index is 2.18. The van der Waals surface area contributed by atoms with Gasteiger partial charge < -0.3 is 5.73 Å². The van der Waals surface area contributed by atoms with Crippen molar-refractivity contribution in [3.8, 4) is 0 Å². The molecule has 4 heteroatoms. The molecule has 1 heterocycles. The van der Waals surface area contributed by atoms with E-state index in [0.29, 0.717) is 12.0 Å². The van der Waals surface area contributed by atoms with Crippen LogP contribution in [0.1, 0.15) is 38.3 Å². The highest BCUT2D eigenvalue weighted by Crippen LogP contribution is 2.35. The van der Waals surface area contributed by atoms with E-state index < -0.39 is 0 Å². The summed E-state index contributed by atoms with van der Waals surface area (Å²) in [6, 6.07) is 4.93. The van der Waals surface area contributed by atoms with Crippen LogP contribution in [-0.2, 0) is 0 Å². The second kappa shape index (κ2) is 5.90. The molecule has 1 saturated heterocycles. The van der Waals surface area contributed by atoms with Gasteiger partial charge in [-0.3, -0.25) is 4.90 Å². The van der Waals surface area contributed by atoms with Gasteiger partial charge in [0, 0.05) is 17.1 Å². The van der Waals surface area contributed by atoms with Crippen LogP contribution in [0.5, 0.6) is 0 Å². The lowest BCUT2D eigenvalue weighted by atomic mass is 9.82. The van der Waals surface area contributed by atoms with Crippen molar-refractivity contribution >= 4 is 15.9 Å². The molecule has 0 spiro atoms. The molecule has 0 saturated carbocycles. The van der Waals surface area contributed by atoms with Crippen LogP contribution in [0.3, 0.4) is 0 Å². The van der Waals surface area contributed by atoms with Crippen molar-refractivity contribution in [1.82, 2.24) is 4.90 Å². The molecule has 1 aromatic carbocycles. The quantitative estimate of drug-likeness (QED) is 0.916. The standard InChI is InChI=1S/C15H22BrFN2/c1-15(2)5-7-19(8-6-15)14(10-18)12-9-11(17)3-4-13(12)16/h3-4,9,14H,5-8,10,18H2,1-2H3. The van der Waals surface area contributed by atoms with E-state index in [-0.39, 0.29) is 11.9 Å². The van der Waals surface area contributed by atoms with Crippen molar-refractivity contribution in [2.75, 3.05) is 19.6 Å². The monoisotopic (exact) mass is 328 g/mol. The van der Waals surface area contributed by atoms with Crippen molar-refractivity contribution in [3.63, 3.8) is 0 Å². The summed E-state index contributed by atoms with van der Waals surface area (Å²) < 4.78 is 14.4. The van der Waals surface area contributed by atoms with Gasteiger partial charge in [0.15, 0.2) is 0 Å². The van der Waals surface area contributed by atoms with Gasteiger partial charge in [0.25, 0.3) is 0 Å². The van der Waals surface area contributed by atoms with E-state index in [0.717, 1.165) is 36.0 Å². The molecule has 1 fully saturated rings. The van der Waals surface area contributed by atoms with Crippen LogP contribution in [0.15, 0.2) is 22.7 Å². The number of nitrogens with two attached hydrogens (primary N) is 1. The van der Waals surface area contributed by atoms with E-state index in [1.807, 2.05) is 0 Å². The highest BCUT2D eigenvalue weighted by molar-refractivity contribution is 9.10. The minimum Gasteiger partial charge on any atom is -0.329 e. The first-order valence-corrected chi connectivity index (χ1v) is 7.61. The van der Waals surface area contributed by atoms with Gasteiger partial charge in [-0.15, -0.1) is 0 Å². The van der Waals surface area contributed by atoms with E-state index >= 15 is 0 Å². The Hall–Kier alpha value is -0.450. The van der Waals surface area contributed by atoms with Gasteiger partial charge in [0.05, 0.1) is 0 Å². The fourth-order valence-corrected chi connectivity index (χ4v) is 3.19.